The monoisotopic (exact) mass is 507 g/mol. The van der Waals surface area contributed by atoms with Crippen molar-refractivity contribution < 1.29 is 13.5 Å². The first-order valence-corrected chi connectivity index (χ1v) is 8.78. The number of guanidine groups is 1. The zero-order valence-electron chi connectivity index (χ0n) is 16.8. The molecule has 0 fully saturated rings. The van der Waals surface area contributed by atoms with Gasteiger partial charge in [-0.3, -0.25) is 9.67 Å². The van der Waals surface area contributed by atoms with E-state index in [0.717, 1.165) is 11.3 Å². The molecule has 0 spiro atoms. The van der Waals surface area contributed by atoms with Gasteiger partial charge in [-0.2, -0.15) is 13.9 Å². The van der Waals surface area contributed by atoms with E-state index in [1.165, 1.54) is 6.07 Å². The molecule has 2 aromatic rings. The first-order chi connectivity index (χ1) is 12.8. The minimum atomic E-state index is -2.85. The minimum Gasteiger partial charge on any atom is -0.434 e. The number of alkyl halides is 2. The molecule has 0 aliphatic carbocycles. The van der Waals surface area contributed by atoms with Crippen LogP contribution in [0.5, 0.6) is 5.75 Å². The molecule has 0 unspecified atom stereocenters. The number of nitrogens with zero attached hydrogens (tertiary/aromatic N) is 4. The third kappa shape index (κ3) is 6.61. The Morgan fingerprint density at radius 1 is 1.29 bits per heavy atom. The van der Waals surface area contributed by atoms with Crippen LogP contribution in [0.1, 0.15) is 36.6 Å². The summed E-state index contributed by atoms with van der Waals surface area (Å²) in [6.07, 6.45) is 2.00. The summed E-state index contributed by atoms with van der Waals surface area (Å²) in [6, 6.07) is 6.72. The lowest BCUT2D eigenvalue weighted by atomic mass is 10.1. The van der Waals surface area contributed by atoms with Crippen molar-refractivity contribution in [3.63, 3.8) is 0 Å². The Bertz CT molecular complexity index is 779. The van der Waals surface area contributed by atoms with Gasteiger partial charge < -0.3 is 15.0 Å². The number of rotatable bonds is 7. The molecule has 28 heavy (non-hydrogen) atoms. The van der Waals surface area contributed by atoms with Gasteiger partial charge in [0.15, 0.2) is 5.96 Å². The Hall–Kier alpha value is -1.91. The molecule has 0 aliphatic rings. The van der Waals surface area contributed by atoms with E-state index in [2.05, 4.69) is 34.0 Å². The Morgan fingerprint density at radius 3 is 2.57 bits per heavy atom. The molecule has 0 amide bonds. The third-order valence-corrected chi connectivity index (χ3v) is 4.09. The highest BCUT2D eigenvalue weighted by atomic mass is 127. The van der Waals surface area contributed by atoms with Gasteiger partial charge in [-0.05, 0) is 12.0 Å². The summed E-state index contributed by atoms with van der Waals surface area (Å²) in [7, 11) is 5.52. The molecule has 1 heterocycles. The van der Waals surface area contributed by atoms with Crippen molar-refractivity contribution in [2.24, 2.45) is 12.0 Å². The van der Waals surface area contributed by atoms with E-state index in [4.69, 9.17) is 0 Å². The fraction of sp³-hybridized carbons (Fsp3) is 0.474. The van der Waals surface area contributed by atoms with Crippen molar-refractivity contribution in [2.45, 2.75) is 39.5 Å². The number of para-hydroxylation sites is 1. The molecule has 9 heteroatoms. The number of benzene rings is 1. The summed E-state index contributed by atoms with van der Waals surface area (Å²) in [5, 5.41) is 7.72. The lowest BCUT2D eigenvalue weighted by molar-refractivity contribution is -0.0504. The Labute approximate surface area is 182 Å². The van der Waals surface area contributed by atoms with Gasteiger partial charge in [0, 0.05) is 51.6 Å². The summed E-state index contributed by atoms with van der Waals surface area (Å²) in [6.45, 7) is 2.32. The molecule has 2 rings (SSSR count). The first kappa shape index (κ1) is 24.1. The Balaban J connectivity index is 0.00000392. The van der Waals surface area contributed by atoms with Gasteiger partial charge >= 0.3 is 6.61 Å². The highest BCUT2D eigenvalue weighted by molar-refractivity contribution is 14.0. The number of nitrogens with one attached hydrogen (secondary N) is 1. The molecule has 156 valence electrons. The van der Waals surface area contributed by atoms with Crippen molar-refractivity contribution in [1.29, 1.82) is 0 Å². The number of aryl methyl sites for hydroxylation is 1. The van der Waals surface area contributed by atoms with Gasteiger partial charge in [-0.1, -0.05) is 32.0 Å². The minimum absolute atomic E-state index is 0. The molecule has 1 N–H and O–H groups in total. The maximum absolute atomic E-state index is 12.6. The van der Waals surface area contributed by atoms with Crippen LogP contribution in [0, 0.1) is 0 Å². The molecule has 0 aliphatic heterocycles. The van der Waals surface area contributed by atoms with E-state index in [9.17, 15) is 8.78 Å². The van der Waals surface area contributed by atoms with Gasteiger partial charge in [0.1, 0.15) is 5.75 Å². The summed E-state index contributed by atoms with van der Waals surface area (Å²) >= 11 is 0. The second-order valence-electron chi connectivity index (χ2n) is 6.61. The molecule has 6 nitrogen and oxygen atoms in total. The highest BCUT2D eigenvalue weighted by Gasteiger charge is 2.16. The average molecular weight is 507 g/mol. The fourth-order valence-corrected chi connectivity index (χ4v) is 2.91. The molecule has 0 saturated carbocycles. The molecule has 1 aromatic carbocycles. The van der Waals surface area contributed by atoms with Crippen LogP contribution in [-0.4, -0.2) is 41.3 Å². The summed E-state index contributed by atoms with van der Waals surface area (Å²) in [4.78, 5) is 6.26. The largest absolute Gasteiger partial charge is 0.434 e. The van der Waals surface area contributed by atoms with Crippen molar-refractivity contribution in [3.05, 3.63) is 47.3 Å². The highest BCUT2D eigenvalue weighted by Crippen LogP contribution is 2.21. The van der Waals surface area contributed by atoms with Crippen LogP contribution < -0.4 is 10.1 Å². The second kappa shape index (κ2) is 11.2. The fourth-order valence-electron chi connectivity index (χ4n) is 2.91. The normalized spacial score (nSPS) is 11.5. The van der Waals surface area contributed by atoms with Gasteiger partial charge in [0.2, 0.25) is 0 Å². The maximum Gasteiger partial charge on any atom is 0.387 e. The number of hydrogen-bond donors (Lipinski definition) is 1. The van der Waals surface area contributed by atoms with E-state index in [0.29, 0.717) is 30.5 Å². The quantitative estimate of drug-likeness (QED) is 0.350. The maximum atomic E-state index is 12.6. The number of ether oxygens (including phenoxy) is 1. The van der Waals surface area contributed by atoms with Gasteiger partial charge in [-0.15, -0.1) is 24.0 Å². The number of aromatic nitrogens is 2. The zero-order valence-corrected chi connectivity index (χ0v) is 19.1. The van der Waals surface area contributed by atoms with Gasteiger partial charge in [0.05, 0.1) is 5.69 Å². The zero-order chi connectivity index (χ0) is 20.0. The molecular formula is C19H28F2IN5O. The van der Waals surface area contributed by atoms with Gasteiger partial charge in [-0.25, -0.2) is 0 Å². The van der Waals surface area contributed by atoms with E-state index >= 15 is 0 Å². The second-order valence-corrected chi connectivity index (χ2v) is 6.61. The first-order valence-electron chi connectivity index (χ1n) is 8.78. The van der Waals surface area contributed by atoms with Crippen molar-refractivity contribution in [3.8, 4) is 5.75 Å². The van der Waals surface area contributed by atoms with E-state index in [1.807, 2.05) is 29.9 Å². The molecule has 0 radical (unpaired) electrons. The Morgan fingerprint density at radius 2 is 1.96 bits per heavy atom. The van der Waals surface area contributed by atoms with Crippen LogP contribution in [0.15, 0.2) is 35.5 Å². The molecule has 0 atom stereocenters. The SMILES string of the molecule is CN=C(NCc1ccccc1OC(F)F)N(C)Cc1cn(C)nc1C(C)C.I. The number of hydrogen-bond acceptors (Lipinski definition) is 3. The smallest absolute Gasteiger partial charge is 0.387 e. The van der Waals surface area contributed by atoms with Crippen molar-refractivity contribution in [1.82, 2.24) is 20.0 Å². The van der Waals surface area contributed by atoms with Crippen LogP contribution in [0.4, 0.5) is 8.78 Å². The molecule has 0 bridgehead atoms. The molecule has 0 saturated heterocycles. The lowest BCUT2D eigenvalue weighted by Crippen LogP contribution is -2.38. The van der Waals surface area contributed by atoms with Crippen LogP contribution in [0.25, 0.3) is 0 Å². The predicted octanol–water partition coefficient (Wildman–Crippen LogP) is 3.97. The van der Waals surface area contributed by atoms with Crippen molar-refractivity contribution >= 4 is 29.9 Å². The predicted molar refractivity (Wildman–Crippen MR) is 117 cm³/mol. The average Bonchev–Trinajstić information content (AvgIpc) is 2.97. The topological polar surface area (TPSA) is 54.7 Å². The van der Waals surface area contributed by atoms with Crippen LogP contribution in [-0.2, 0) is 20.1 Å². The summed E-state index contributed by atoms with van der Waals surface area (Å²) < 4.78 is 31.5. The van der Waals surface area contributed by atoms with Crippen LogP contribution in [0.2, 0.25) is 0 Å². The number of halogens is 3. The standard InChI is InChI=1S/C19H27F2N5O.HI/c1-13(2)17-15(12-26(5)24-17)11-25(4)19(22-3)23-10-14-8-6-7-9-16(14)27-18(20)21;/h6-9,12-13,18H,10-11H2,1-5H3,(H,22,23);1H. The van der Waals surface area contributed by atoms with E-state index in [-0.39, 0.29) is 29.7 Å². The Kier molecular flexibility index (Phi) is 9.63. The third-order valence-electron chi connectivity index (χ3n) is 4.09. The molecular weight excluding hydrogens is 479 g/mol. The van der Waals surface area contributed by atoms with E-state index < -0.39 is 6.61 Å². The van der Waals surface area contributed by atoms with Gasteiger partial charge in [0.25, 0.3) is 0 Å². The van der Waals surface area contributed by atoms with E-state index in [1.54, 1.807) is 25.2 Å². The summed E-state index contributed by atoms with van der Waals surface area (Å²) in [5.41, 5.74) is 2.81. The number of aliphatic imine (C=N–C) groups is 1. The molecule has 1 aromatic heterocycles. The van der Waals surface area contributed by atoms with Crippen molar-refractivity contribution in [2.75, 3.05) is 14.1 Å². The summed E-state index contributed by atoms with van der Waals surface area (Å²) in [5.74, 6) is 1.14. The lowest BCUT2D eigenvalue weighted by Gasteiger charge is -2.23. The van der Waals surface area contributed by atoms with Crippen LogP contribution in [0.3, 0.4) is 0 Å². The van der Waals surface area contributed by atoms with Crippen LogP contribution >= 0.6 is 24.0 Å².